The zero-order valence-electron chi connectivity index (χ0n) is 13.0. The highest BCUT2D eigenvalue weighted by Crippen LogP contribution is 2.40. The summed E-state index contributed by atoms with van der Waals surface area (Å²) in [6, 6.07) is 6.35. The van der Waals surface area contributed by atoms with Gasteiger partial charge in [-0.3, -0.25) is 0 Å². The van der Waals surface area contributed by atoms with Gasteiger partial charge in [0, 0.05) is 6.20 Å². The van der Waals surface area contributed by atoms with Crippen molar-refractivity contribution in [3.8, 4) is 17.2 Å². The Kier molecular flexibility index (Phi) is 5.04. The molecule has 0 spiro atoms. The molecule has 2 aromatic rings. The van der Waals surface area contributed by atoms with Crippen LogP contribution in [0.5, 0.6) is 17.2 Å². The summed E-state index contributed by atoms with van der Waals surface area (Å²) < 4.78 is 29.6. The molecular weight excluding hydrogens is 287 g/mol. The van der Waals surface area contributed by atoms with E-state index in [1.54, 1.807) is 27.4 Å². The SMILES string of the molecule is COc1cc([C@H](C)Nc2ncccc2F)cc(OC)c1OC. The Bertz CT molecular complexity index is 624. The number of nitrogens with one attached hydrogen (secondary N) is 1. The number of ether oxygens (including phenoxy) is 3. The number of rotatable bonds is 6. The Morgan fingerprint density at radius 3 is 2.23 bits per heavy atom. The fraction of sp³-hybridized carbons (Fsp3) is 0.312. The molecule has 1 atom stereocenters. The number of halogens is 1. The zero-order chi connectivity index (χ0) is 16.1. The maximum absolute atomic E-state index is 13.7. The molecular formula is C16H19FN2O3. The van der Waals surface area contributed by atoms with Gasteiger partial charge in [0.25, 0.3) is 0 Å². The molecule has 0 bridgehead atoms. The van der Waals surface area contributed by atoms with Gasteiger partial charge in [-0.2, -0.15) is 0 Å². The van der Waals surface area contributed by atoms with E-state index in [2.05, 4.69) is 10.3 Å². The van der Waals surface area contributed by atoms with E-state index in [-0.39, 0.29) is 11.9 Å². The maximum Gasteiger partial charge on any atom is 0.203 e. The van der Waals surface area contributed by atoms with Crippen molar-refractivity contribution in [3.63, 3.8) is 0 Å². The van der Waals surface area contributed by atoms with Crippen molar-refractivity contribution in [3.05, 3.63) is 41.8 Å². The lowest BCUT2D eigenvalue weighted by atomic mass is 10.1. The van der Waals surface area contributed by atoms with Gasteiger partial charge in [-0.25, -0.2) is 9.37 Å². The third kappa shape index (κ3) is 3.21. The average Bonchev–Trinajstić information content (AvgIpc) is 2.55. The minimum absolute atomic E-state index is 0.196. The van der Waals surface area contributed by atoms with Crippen LogP contribution in [-0.4, -0.2) is 26.3 Å². The molecule has 1 aromatic carbocycles. The smallest absolute Gasteiger partial charge is 0.203 e. The quantitative estimate of drug-likeness (QED) is 0.886. The number of benzene rings is 1. The summed E-state index contributed by atoms with van der Waals surface area (Å²) in [4.78, 5) is 3.99. The van der Waals surface area contributed by atoms with E-state index in [1.807, 2.05) is 19.1 Å². The molecule has 0 aliphatic carbocycles. The number of hydrogen-bond donors (Lipinski definition) is 1. The third-order valence-electron chi connectivity index (χ3n) is 3.30. The van der Waals surface area contributed by atoms with E-state index in [0.29, 0.717) is 17.2 Å². The molecule has 0 radical (unpaired) electrons. The minimum Gasteiger partial charge on any atom is -0.493 e. The molecule has 1 heterocycles. The molecule has 0 aliphatic rings. The number of methoxy groups -OCH3 is 3. The van der Waals surface area contributed by atoms with Crippen LogP contribution in [0.1, 0.15) is 18.5 Å². The van der Waals surface area contributed by atoms with Crippen LogP contribution < -0.4 is 19.5 Å². The molecule has 22 heavy (non-hydrogen) atoms. The Morgan fingerprint density at radius 1 is 1.09 bits per heavy atom. The zero-order valence-corrected chi connectivity index (χ0v) is 13.0. The fourth-order valence-electron chi connectivity index (χ4n) is 2.13. The summed E-state index contributed by atoms with van der Waals surface area (Å²) in [7, 11) is 4.65. The predicted octanol–water partition coefficient (Wildman–Crippen LogP) is 3.42. The number of hydrogen-bond acceptors (Lipinski definition) is 5. The molecule has 2 rings (SSSR count). The van der Waals surface area contributed by atoms with Crippen molar-refractivity contribution in [2.45, 2.75) is 13.0 Å². The monoisotopic (exact) mass is 306 g/mol. The molecule has 1 N–H and O–H groups in total. The first-order valence-electron chi connectivity index (χ1n) is 6.77. The van der Waals surface area contributed by atoms with Gasteiger partial charge in [-0.1, -0.05) is 0 Å². The third-order valence-corrected chi connectivity index (χ3v) is 3.30. The lowest BCUT2D eigenvalue weighted by Gasteiger charge is -2.19. The van der Waals surface area contributed by atoms with E-state index in [9.17, 15) is 4.39 Å². The van der Waals surface area contributed by atoms with Gasteiger partial charge in [-0.05, 0) is 36.8 Å². The number of anilines is 1. The Morgan fingerprint density at radius 2 is 1.73 bits per heavy atom. The van der Waals surface area contributed by atoms with Gasteiger partial charge >= 0.3 is 0 Å². The van der Waals surface area contributed by atoms with Gasteiger partial charge in [0.1, 0.15) is 0 Å². The summed E-state index contributed by atoms with van der Waals surface area (Å²) in [6.45, 7) is 1.90. The lowest BCUT2D eigenvalue weighted by Crippen LogP contribution is -2.10. The molecule has 0 saturated carbocycles. The predicted molar refractivity (Wildman–Crippen MR) is 82.3 cm³/mol. The topological polar surface area (TPSA) is 52.6 Å². The molecule has 0 aliphatic heterocycles. The van der Waals surface area contributed by atoms with Crippen LogP contribution in [0.2, 0.25) is 0 Å². The molecule has 0 fully saturated rings. The highest BCUT2D eigenvalue weighted by atomic mass is 19.1. The second kappa shape index (κ2) is 6.98. The molecule has 6 heteroatoms. The van der Waals surface area contributed by atoms with Crippen molar-refractivity contribution in [1.82, 2.24) is 4.98 Å². The second-order valence-electron chi connectivity index (χ2n) is 4.66. The van der Waals surface area contributed by atoms with E-state index in [4.69, 9.17) is 14.2 Å². The Balaban J connectivity index is 2.33. The molecule has 0 saturated heterocycles. The molecule has 0 unspecified atom stereocenters. The standard InChI is InChI=1S/C16H19FN2O3/c1-10(19-16-12(17)6-5-7-18-16)11-8-13(20-2)15(22-4)14(9-11)21-3/h5-10H,1-4H3,(H,18,19)/t10-/m0/s1. The van der Waals surface area contributed by atoms with E-state index in [0.717, 1.165) is 5.56 Å². The summed E-state index contributed by atoms with van der Waals surface area (Å²) in [5.74, 6) is 1.41. The van der Waals surface area contributed by atoms with Crippen LogP contribution in [0.25, 0.3) is 0 Å². The molecule has 5 nitrogen and oxygen atoms in total. The highest BCUT2D eigenvalue weighted by Gasteiger charge is 2.17. The van der Waals surface area contributed by atoms with Crippen LogP contribution in [0.4, 0.5) is 10.2 Å². The van der Waals surface area contributed by atoms with Gasteiger partial charge < -0.3 is 19.5 Å². The fourth-order valence-corrected chi connectivity index (χ4v) is 2.13. The van der Waals surface area contributed by atoms with Crippen molar-refractivity contribution in [1.29, 1.82) is 0 Å². The van der Waals surface area contributed by atoms with Crippen LogP contribution in [0.3, 0.4) is 0 Å². The minimum atomic E-state index is -0.401. The first kappa shape index (κ1) is 15.9. The number of nitrogens with zero attached hydrogens (tertiary/aromatic N) is 1. The van der Waals surface area contributed by atoms with Crippen molar-refractivity contribution >= 4 is 5.82 Å². The van der Waals surface area contributed by atoms with Gasteiger partial charge in [-0.15, -0.1) is 0 Å². The Hall–Kier alpha value is -2.50. The molecule has 0 amide bonds. The summed E-state index contributed by atoms with van der Waals surface area (Å²) in [5.41, 5.74) is 0.861. The molecule has 118 valence electrons. The second-order valence-corrected chi connectivity index (χ2v) is 4.66. The van der Waals surface area contributed by atoms with Crippen LogP contribution in [-0.2, 0) is 0 Å². The van der Waals surface area contributed by atoms with Gasteiger partial charge in [0.2, 0.25) is 5.75 Å². The van der Waals surface area contributed by atoms with Gasteiger partial charge in [0.05, 0.1) is 27.4 Å². The first-order chi connectivity index (χ1) is 10.6. The maximum atomic E-state index is 13.7. The average molecular weight is 306 g/mol. The van der Waals surface area contributed by atoms with E-state index < -0.39 is 5.82 Å². The Labute approximate surface area is 129 Å². The number of aromatic nitrogens is 1. The number of pyridine rings is 1. The largest absolute Gasteiger partial charge is 0.493 e. The molecule has 1 aromatic heterocycles. The van der Waals surface area contributed by atoms with Crippen LogP contribution in [0, 0.1) is 5.82 Å². The van der Waals surface area contributed by atoms with Crippen molar-refractivity contribution in [2.75, 3.05) is 26.6 Å². The summed E-state index contributed by atoms with van der Waals surface area (Å²) >= 11 is 0. The lowest BCUT2D eigenvalue weighted by molar-refractivity contribution is 0.323. The van der Waals surface area contributed by atoms with E-state index >= 15 is 0 Å². The van der Waals surface area contributed by atoms with E-state index in [1.165, 1.54) is 12.3 Å². The normalized spacial score (nSPS) is 11.7. The van der Waals surface area contributed by atoms with Crippen molar-refractivity contribution in [2.24, 2.45) is 0 Å². The summed E-state index contributed by atoms with van der Waals surface area (Å²) in [5, 5.41) is 3.03. The highest BCUT2D eigenvalue weighted by molar-refractivity contribution is 5.55. The van der Waals surface area contributed by atoms with Crippen LogP contribution in [0.15, 0.2) is 30.5 Å². The summed E-state index contributed by atoms with van der Waals surface area (Å²) in [6.07, 6.45) is 1.54. The van der Waals surface area contributed by atoms with Crippen molar-refractivity contribution < 1.29 is 18.6 Å². The first-order valence-corrected chi connectivity index (χ1v) is 6.77. The van der Waals surface area contributed by atoms with Crippen LogP contribution >= 0.6 is 0 Å². The van der Waals surface area contributed by atoms with Gasteiger partial charge in [0.15, 0.2) is 23.1 Å².